The summed E-state index contributed by atoms with van der Waals surface area (Å²) < 4.78 is 5.61. The topological polar surface area (TPSA) is 12.5 Å². The van der Waals surface area contributed by atoms with Gasteiger partial charge in [0.05, 0.1) is 12.7 Å². The molecule has 0 bridgehead atoms. The molecular formula is C27H48O. The molecule has 3 unspecified atom stereocenters. The molecule has 2 saturated carbocycles. The SMILES string of the molecule is C=C(C)[C@@H](CC[C@@H](C)[C@H]1CCC2C(C)C(C(C)(C)CCC)CC[C@@]21C)[C@H]1CO1. The molecule has 0 radical (unpaired) electrons. The lowest BCUT2D eigenvalue weighted by molar-refractivity contribution is -0.0387. The minimum absolute atomic E-state index is 0.480. The number of fused-ring (bicyclic) bond motifs is 1. The van der Waals surface area contributed by atoms with E-state index in [1.807, 2.05) is 0 Å². The van der Waals surface area contributed by atoms with Crippen molar-refractivity contribution in [1.29, 1.82) is 0 Å². The average molecular weight is 389 g/mol. The van der Waals surface area contributed by atoms with Crippen molar-refractivity contribution in [1.82, 2.24) is 0 Å². The van der Waals surface area contributed by atoms with Crippen molar-refractivity contribution in [2.24, 2.45) is 46.3 Å². The molecule has 0 aromatic heterocycles. The minimum atomic E-state index is 0.480. The van der Waals surface area contributed by atoms with Gasteiger partial charge in [0.15, 0.2) is 0 Å². The van der Waals surface area contributed by atoms with Crippen molar-refractivity contribution < 1.29 is 4.74 Å². The second kappa shape index (κ2) is 8.44. The third-order valence-corrected chi connectivity index (χ3v) is 9.71. The molecule has 3 fully saturated rings. The van der Waals surface area contributed by atoms with E-state index in [2.05, 4.69) is 55.0 Å². The Labute approximate surface area is 176 Å². The quantitative estimate of drug-likeness (QED) is 0.289. The van der Waals surface area contributed by atoms with Gasteiger partial charge in [-0.25, -0.2) is 0 Å². The Morgan fingerprint density at radius 1 is 1.21 bits per heavy atom. The summed E-state index contributed by atoms with van der Waals surface area (Å²) in [5, 5.41) is 0. The Balaban J connectivity index is 1.64. The monoisotopic (exact) mass is 388 g/mol. The minimum Gasteiger partial charge on any atom is -0.372 e. The molecule has 162 valence electrons. The van der Waals surface area contributed by atoms with Gasteiger partial charge in [0.2, 0.25) is 0 Å². The molecule has 0 aromatic carbocycles. The van der Waals surface area contributed by atoms with Gasteiger partial charge in [-0.15, -0.1) is 0 Å². The second-order valence-corrected chi connectivity index (χ2v) is 11.9. The number of hydrogen-bond donors (Lipinski definition) is 0. The molecule has 8 atom stereocenters. The highest BCUT2D eigenvalue weighted by Gasteiger charge is 2.55. The van der Waals surface area contributed by atoms with Crippen molar-refractivity contribution in [3.63, 3.8) is 0 Å². The summed E-state index contributed by atoms with van der Waals surface area (Å²) in [6.07, 6.45) is 11.7. The first-order chi connectivity index (χ1) is 13.1. The zero-order chi connectivity index (χ0) is 20.7. The van der Waals surface area contributed by atoms with Gasteiger partial charge in [-0.2, -0.15) is 0 Å². The summed E-state index contributed by atoms with van der Waals surface area (Å²) in [5.41, 5.74) is 2.42. The Kier molecular flexibility index (Phi) is 6.75. The first kappa shape index (κ1) is 22.4. The molecule has 0 amide bonds. The maximum Gasteiger partial charge on any atom is 0.0874 e. The van der Waals surface area contributed by atoms with Crippen LogP contribution in [0.3, 0.4) is 0 Å². The van der Waals surface area contributed by atoms with Crippen LogP contribution in [-0.2, 0) is 4.74 Å². The zero-order valence-corrected chi connectivity index (χ0v) is 20.0. The van der Waals surface area contributed by atoms with E-state index in [1.54, 1.807) is 0 Å². The Morgan fingerprint density at radius 3 is 2.46 bits per heavy atom. The van der Waals surface area contributed by atoms with Gasteiger partial charge < -0.3 is 4.74 Å². The lowest BCUT2D eigenvalue weighted by Crippen LogP contribution is -2.45. The van der Waals surface area contributed by atoms with Crippen LogP contribution in [0.1, 0.15) is 99.8 Å². The summed E-state index contributed by atoms with van der Waals surface area (Å²) in [6.45, 7) is 22.7. The molecule has 3 aliphatic rings. The fourth-order valence-corrected chi connectivity index (χ4v) is 8.09. The smallest absolute Gasteiger partial charge is 0.0874 e. The zero-order valence-electron chi connectivity index (χ0n) is 20.0. The molecule has 0 N–H and O–H groups in total. The van der Waals surface area contributed by atoms with Crippen molar-refractivity contribution in [3.8, 4) is 0 Å². The highest BCUT2D eigenvalue weighted by Crippen LogP contribution is 2.63. The van der Waals surface area contributed by atoms with E-state index in [0.29, 0.717) is 22.9 Å². The van der Waals surface area contributed by atoms with E-state index < -0.39 is 0 Å². The van der Waals surface area contributed by atoms with Gasteiger partial charge in [-0.3, -0.25) is 0 Å². The molecule has 0 aromatic rings. The van der Waals surface area contributed by atoms with E-state index in [4.69, 9.17) is 4.74 Å². The summed E-state index contributed by atoms with van der Waals surface area (Å²) >= 11 is 0. The van der Waals surface area contributed by atoms with Crippen LogP contribution >= 0.6 is 0 Å². The van der Waals surface area contributed by atoms with E-state index in [0.717, 1.165) is 36.2 Å². The van der Waals surface area contributed by atoms with Gasteiger partial charge in [0.25, 0.3) is 0 Å². The van der Waals surface area contributed by atoms with Gasteiger partial charge in [0.1, 0.15) is 0 Å². The predicted octanol–water partition coefficient (Wildman–Crippen LogP) is 7.90. The predicted molar refractivity (Wildman–Crippen MR) is 121 cm³/mol. The van der Waals surface area contributed by atoms with Gasteiger partial charge in [-0.1, -0.05) is 60.1 Å². The maximum absolute atomic E-state index is 5.61. The highest BCUT2D eigenvalue weighted by molar-refractivity contribution is 5.06. The van der Waals surface area contributed by atoms with Crippen LogP contribution in [0, 0.1) is 46.3 Å². The third kappa shape index (κ3) is 4.26. The van der Waals surface area contributed by atoms with E-state index in [1.165, 1.54) is 56.9 Å². The van der Waals surface area contributed by atoms with E-state index >= 15 is 0 Å². The van der Waals surface area contributed by atoms with Gasteiger partial charge in [-0.05, 0) is 92.3 Å². The van der Waals surface area contributed by atoms with Crippen LogP contribution in [0.15, 0.2) is 12.2 Å². The van der Waals surface area contributed by atoms with Crippen molar-refractivity contribution in [2.45, 2.75) is 106 Å². The molecule has 3 rings (SSSR count). The standard InChI is InChI=1S/C27H48O/c1-9-15-26(6,7)23-14-16-27(8)22(12-13-24(27)20(23)5)19(4)10-11-21(18(2)3)25-17-28-25/h19-25H,2,9-17H2,1,3-8H3/t19-,20?,21-,22-,23?,24?,25-,27-/m1/s1. The maximum atomic E-state index is 5.61. The lowest BCUT2D eigenvalue weighted by atomic mass is 9.52. The van der Waals surface area contributed by atoms with Crippen molar-refractivity contribution in [3.05, 3.63) is 12.2 Å². The summed E-state index contributed by atoms with van der Waals surface area (Å²) in [5.74, 6) is 5.10. The molecule has 28 heavy (non-hydrogen) atoms. The van der Waals surface area contributed by atoms with Crippen LogP contribution in [-0.4, -0.2) is 12.7 Å². The Bertz CT molecular complexity index is 544. The lowest BCUT2D eigenvalue weighted by Gasteiger charge is -2.53. The molecule has 1 aliphatic heterocycles. The molecule has 1 heteroatoms. The summed E-state index contributed by atoms with van der Waals surface area (Å²) in [7, 11) is 0. The third-order valence-electron chi connectivity index (χ3n) is 9.71. The molecule has 0 spiro atoms. The highest BCUT2D eigenvalue weighted by atomic mass is 16.6. The number of hydrogen-bond acceptors (Lipinski definition) is 1. The first-order valence-corrected chi connectivity index (χ1v) is 12.4. The van der Waals surface area contributed by atoms with Gasteiger partial charge in [0, 0.05) is 5.92 Å². The molecule has 1 heterocycles. The van der Waals surface area contributed by atoms with Crippen LogP contribution in [0.4, 0.5) is 0 Å². The fraction of sp³-hybridized carbons (Fsp3) is 0.926. The first-order valence-electron chi connectivity index (χ1n) is 12.4. The van der Waals surface area contributed by atoms with E-state index in [9.17, 15) is 0 Å². The Morgan fingerprint density at radius 2 is 1.89 bits per heavy atom. The van der Waals surface area contributed by atoms with Crippen LogP contribution < -0.4 is 0 Å². The largest absolute Gasteiger partial charge is 0.372 e. The second-order valence-electron chi connectivity index (χ2n) is 11.9. The van der Waals surface area contributed by atoms with Gasteiger partial charge >= 0.3 is 0 Å². The number of ether oxygens (including phenoxy) is 1. The van der Waals surface area contributed by atoms with Crippen molar-refractivity contribution in [2.75, 3.05) is 6.61 Å². The van der Waals surface area contributed by atoms with Crippen LogP contribution in [0.5, 0.6) is 0 Å². The van der Waals surface area contributed by atoms with Crippen LogP contribution in [0.25, 0.3) is 0 Å². The normalized spacial score (nSPS) is 40.0. The number of rotatable bonds is 9. The molecule has 2 aliphatic carbocycles. The number of epoxide rings is 1. The molecule has 1 nitrogen and oxygen atoms in total. The summed E-state index contributed by atoms with van der Waals surface area (Å²) in [6, 6.07) is 0. The molecule has 1 saturated heterocycles. The van der Waals surface area contributed by atoms with Crippen LogP contribution in [0.2, 0.25) is 0 Å². The Hall–Kier alpha value is -0.300. The summed E-state index contributed by atoms with van der Waals surface area (Å²) in [4.78, 5) is 0. The van der Waals surface area contributed by atoms with Crippen molar-refractivity contribution >= 4 is 0 Å². The average Bonchev–Trinajstić information content (AvgIpc) is 3.35. The fourth-order valence-electron chi connectivity index (χ4n) is 8.09. The van der Waals surface area contributed by atoms with E-state index in [-0.39, 0.29) is 0 Å². The molecular weight excluding hydrogens is 340 g/mol.